The number of halogens is 2. The summed E-state index contributed by atoms with van der Waals surface area (Å²) in [6.07, 6.45) is 0. The maximum absolute atomic E-state index is 5.32. The van der Waals surface area contributed by atoms with E-state index in [0.717, 1.165) is 0 Å². The molecule has 0 spiro atoms. The Morgan fingerprint density at radius 3 is 2.43 bits per heavy atom. The Kier molecular flexibility index (Phi) is 3.98. The lowest BCUT2D eigenvalue weighted by molar-refractivity contribution is 1.90. The number of rotatable bonds is 0. The van der Waals surface area contributed by atoms with Crippen molar-refractivity contribution in [3.63, 3.8) is 0 Å². The summed E-state index contributed by atoms with van der Waals surface area (Å²) in [6.45, 7) is 1.70. The van der Waals surface area contributed by atoms with E-state index in [0.29, 0.717) is 5.03 Å². The van der Waals surface area contributed by atoms with Crippen LogP contribution in [0, 0.1) is 11.8 Å². The molecule has 0 radical (unpaired) electrons. The minimum absolute atomic E-state index is 0.379. The highest BCUT2D eigenvalue weighted by atomic mass is 35.5. The van der Waals surface area contributed by atoms with Crippen LogP contribution in [0.5, 0.6) is 0 Å². The highest BCUT2D eigenvalue weighted by Gasteiger charge is 1.74. The monoisotopic (exact) mass is 134 g/mol. The Bertz CT molecular complexity index is 125. The lowest BCUT2D eigenvalue weighted by atomic mass is 10.6. The molecule has 0 unspecified atom stereocenters. The van der Waals surface area contributed by atoms with E-state index in [1.54, 1.807) is 6.92 Å². The van der Waals surface area contributed by atoms with E-state index in [1.165, 1.54) is 5.54 Å². The van der Waals surface area contributed by atoms with Crippen molar-refractivity contribution < 1.29 is 0 Å². The van der Waals surface area contributed by atoms with Gasteiger partial charge in [0.05, 0.1) is 0 Å². The predicted molar refractivity (Wildman–Crippen MR) is 33.2 cm³/mol. The summed E-state index contributed by atoms with van der Waals surface area (Å²) in [4.78, 5) is 0. The van der Waals surface area contributed by atoms with E-state index in [2.05, 4.69) is 11.8 Å². The molecule has 0 aromatic carbocycles. The largest absolute Gasteiger partial charge is 0.102 e. The SMILES string of the molecule is CC#C/C(Cl)=C/Cl. The summed E-state index contributed by atoms with van der Waals surface area (Å²) in [5.41, 5.74) is 1.23. The molecule has 0 bridgehead atoms. The standard InChI is InChI=1S/C5H4Cl2/c1-2-3-5(7)4-6/h4H,1H3/b5-4-. The highest BCUT2D eigenvalue weighted by molar-refractivity contribution is 6.38. The lowest BCUT2D eigenvalue weighted by Gasteiger charge is -1.71. The molecule has 0 aromatic heterocycles. The molecule has 0 atom stereocenters. The molecular formula is C5H4Cl2. The zero-order valence-electron chi connectivity index (χ0n) is 3.83. The van der Waals surface area contributed by atoms with Gasteiger partial charge in [0.2, 0.25) is 0 Å². The molecule has 0 aromatic rings. The third-order valence-electron chi connectivity index (χ3n) is 0.340. The Hall–Kier alpha value is -0.120. The Balaban J connectivity index is 3.75. The van der Waals surface area contributed by atoms with E-state index in [-0.39, 0.29) is 0 Å². The zero-order chi connectivity index (χ0) is 5.70. The molecule has 0 aliphatic carbocycles. The van der Waals surface area contributed by atoms with E-state index in [4.69, 9.17) is 23.2 Å². The second-order valence-electron chi connectivity index (χ2n) is 0.832. The van der Waals surface area contributed by atoms with E-state index in [1.807, 2.05) is 0 Å². The summed E-state index contributed by atoms with van der Waals surface area (Å²) in [6, 6.07) is 0. The van der Waals surface area contributed by atoms with Crippen LogP contribution in [0.15, 0.2) is 10.6 Å². The normalized spacial score (nSPS) is 9.86. The smallest absolute Gasteiger partial charge is 0.100 e. The summed E-state index contributed by atoms with van der Waals surface area (Å²) in [7, 11) is 0. The number of allylic oxidation sites excluding steroid dienone is 1. The van der Waals surface area contributed by atoms with Crippen molar-refractivity contribution in [1.29, 1.82) is 0 Å². The molecule has 0 fully saturated rings. The Labute approximate surface area is 53.1 Å². The van der Waals surface area contributed by atoms with Gasteiger partial charge in [0, 0.05) is 5.54 Å². The fraction of sp³-hybridized carbons (Fsp3) is 0.200. The molecular weight excluding hydrogens is 131 g/mol. The van der Waals surface area contributed by atoms with Crippen LogP contribution in [0.2, 0.25) is 0 Å². The molecule has 2 heteroatoms. The van der Waals surface area contributed by atoms with Crippen molar-refractivity contribution in [2.24, 2.45) is 0 Å². The van der Waals surface area contributed by atoms with Crippen molar-refractivity contribution in [3.8, 4) is 11.8 Å². The molecule has 0 heterocycles. The maximum atomic E-state index is 5.32. The molecule has 38 valence electrons. The summed E-state index contributed by atoms with van der Waals surface area (Å²) in [5, 5.41) is 0.379. The maximum Gasteiger partial charge on any atom is 0.102 e. The third kappa shape index (κ3) is 3.72. The fourth-order valence-corrected chi connectivity index (χ4v) is 0.296. The first-order valence-corrected chi connectivity index (χ1v) is 2.51. The average molecular weight is 135 g/mol. The highest BCUT2D eigenvalue weighted by Crippen LogP contribution is 1.98. The average Bonchev–Trinajstić information content (AvgIpc) is 1.68. The van der Waals surface area contributed by atoms with Crippen molar-refractivity contribution >= 4 is 23.2 Å². The van der Waals surface area contributed by atoms with Gasteiger partial charge in [-0.15, -0.1) is 5.92 Å². The van der Waals surface area contributed by atoms with Crippen LogP contribution in [0.4, 0.5) is 0 Å². The first-order valence-electron chi connectivity index (χ1n) is 1.70. The quantitative estimate of drug-likeness (QED) is 0.447. The minimum Gasteiger partial charge on any atom is -0.100 e. The fourth-order valence-electron chi connectivity index (χ4n) is 0.147. The van der Waals surface area contributed by atoms with Crippen molar-refractivity contribution in [2.45, 2.75) is 6.92 Å². The van der Waals surface area contributed by atoms with Crippen LogP contribution >= 0.6 is 23.2 Å². The molecule has 0 aliphatic rings. The van der Waals surface area contributed by atoms with Gasteiger partial charge in [-0.3, -0.25) is 0 Å². The van der Waals surface area contributed by atoms with Crippen LogP contribution in [0.3, 0.4) is 0 Å². The molecule has 0 nitrogen and oxygen atoms in total. The van der Waals surface area contributed by atoms with Gasteiger partial charge < -0.3 is 0 Å². The van der Waals surface area contributed by atoms with Gasteiger partial charge in [-0.25, -0.2) is 0 Å². The van der Waals surface area contributed by atoms with Crippen LogP contribution in [0.25, 0.3) is 0 Å². The van der Waals surface area contributed by atoms with Crippen molar-refractivity contribution in [3.05, 3.63) is 10.6 Å². The Morgan fingerprint density at radius 2 is 2.29 bits per heavy atom. The van der Waals surface area contributed by atoms with Crippen LogP contribution < -0.4 is 0 Å². The van der Waals surface area contributed by atoms with Gasteiger partial charge in [-0.05, 0) is 6.92 Å². The second kappa shape index (κ2) is 4.05. The minimum atomic E-state index is 0.379. The second-order valence-corrected chi connectivity index (χ2v) is 1.46. The molecule has 7 heavy (non-hydrogen) atoms. The van der Waals surface area contributed by atoms with Gasteiger partial charge in [0.1, 0.15) is 5.03 Å². The molecule has 0 amide bonds. The van der Waals surface area contributed by atoms with Crippen LogP contribution in [-0.4, -0.2) is 0 Å². The number of hydrogen-bond acceptors (Lipinski definition) is 0. The molecule has 0 N–H and O–H groups in total. The first kappa shape index (κ1) is 6.88. The zero-order valence-corrected chi connectivity index (χ0v) is 5.35. The van der Waals surface area contributed by atoms with Gasteiger partial charge in [0.25, 0.3) is 0 Å². The third-order valence-corrected chi connectivity index (χ3v) is 0.874. The lowest BCUT2D eigenvalue weighted by Crippen LogP contribution is -1.54. The van der Waals surface area contributed by atoms with E-state index >= 15 is 0 Å². The molecule has 0 aliphatic heterocycles. The van der Waals surface area contributed by atoms with Gasteiger partial charge in [-0.1, -0.05) is 29.1 Å². The summed E-state index contributed by atoms with van der Waals surface area (Å²) >= 11 is 10.5. The van der Waals surface area contributed by atoms with Crippen molar-refractivity contribution in [1.82, 2.24) is 0 Å². The summed E-state index contributed by atoms with van der Waals surface area (Å²) < 4.78 is 0. The van der Waals surface area contributed by atoms with E-state index in [9.17, 15) is 0 Å². The molecule has 0 saturated heterocycles. The first-order chi connectivity index (χ1) is 3.31. The van der Waals surface area contributed by atoms with Crippen LogP contribution in [0.1, 0.15) is 6.92 Å². The molecule has 0 saturated carbocycles. The van der Waals surface area contributed by atoms with E-state index < -0.39 is 0 Å². The van der Waals surface area contributed by atoms with Crippen molar-refractivity contribution in [2.75, 3.05) is 0 Å². The predicted octanol–water partition coefficient (Wildman–Crippen LogP) is 2.33. The summed E-state index contributed by atoms with van der Waals surface area (Å²) in [5.74, 6) is 5.12. The topological polar surface area (TPSA) is 0 Å². The van der Waals surface area contributed by atoms with Gasteiger partial charge in [-0.2, -0.15) is 0 Å². The van der Waals surface area contributed by atoms with Gasteiger partial charge in [0.15, 0.2) is 0 Å². The molecule has 0 rings (SSSR count). The van der Waals surface area contributed by atoms with Gasteiger partial charge >= 0.3 is 0 Å². The number of hydrogen-bond donors (Lipinski definition) is 0. The Morgan fingerprint density at radius 1 is 1.71 bits per heavy atom. The van der Waals surface area contributed by atoms with Crippen LogP contribution in [-0.2, 0) is 0 Å².